The lowest BCUT2D eigenvalue weighted by Gasteiger charge is -2.33. The molecule has 0 amide bonds. The van der Waals surface area contributed by atoms with Crippen molar-refractivity contribution in [2.45, 2.75) is 33.1 Å². The van der Waals surface area contributed by atoms with Gasteiger partial charge < -0.3 is 5.11 Å². The maximum atomic E-state index is 10.6. The van der Waals surface area contributed by atoms with E-state index in [-0.39, 0.29) is 5.92 Å². The van der Waals surface area contributed by atoms with Crippen molar-refractivity contribution in [1.29, 1.82) is 0 Å². The van der Waals surface area contributed by atoms with Gasteiger partial charge in [0, 0.05) is 0 Å². The van der Waals surface area contributed by atoms with Crippen LogP contribution in [-0.2, 0) is 4.79 Å². The highest BCUT2D eigenvalue weighted by atomic mass is 16.4. The highest BCUT2D eigenvalue weighted by Gasteiger charge is 2.30. The van der Waals surface area contributed by atoms with Gasteiger partial charge in [0.2, 0.25) is 0 Å². The number of carboxylic acids is 1. The Balaban J connectivity index is 2.38. The number of carbonyl (C=O) groups is 1. The molecule has 0 saturated heterocycles. The molecule has 2 nitrogen and oxygen atoms in total. The van der Waals surface area contributed by atoms with Crippen LogP contribution >= 0.6 is 0 Å². The summed E-state index contributed by atoms with van der Waals surface area (Å²) >= 11 is 0. The zero-order chi connectivity index (χ0) is 8.43. The number of hydrogen-bond donors (Lipinski definition) is 1. The third kappa shape index (κ3) is 1.73. The number of hydrogen-bond acceptors (Lipinski definition) is 1. The van der Waals surface area contributed by atoms with E-state index in [1.165, 1.54) is 19.3 Å². The highest BCUT2D eigenvalue weighted by Crippen LogP contribution is 2.36. The predicted molar refractivity (Wildman–Crippen MR) is 43.3 cm³/mol. The van der Waals surface area contributed by atoms with Gasteiger partial charge in [0.15, 0.2) is 0 Å². The Morgan fingerprint density at radius 2 is 2.00 bits per heavy atom. The number of carboxylic acid groups (broad SMARTS) is 1. The van der Waals surface area contributed by atoms with Crippen LogP contribution in [0.1, 0.15) is 33.1 Å². The fraction of sp³-hybridized carbons (Fsp3) is 0.889. The van der Waals surface area contributed by atoms with Gasteiger partial charge in [-0.1, -0.05) is 33.1 Å². The molecule has 0 aromatic heterocycles. The molecule has 0 bridgehead atoms. The maximum absolute atomic E-state index is 10.6. The molecule has 1 fully saturated rings. The Kier molecular flexibility index (Phi) is 2.53. The second-order valence-corrected chi connectivity index (χ2v) is 3.68. The normalized spacial score (nSPS) is 23.8. The number of aliphatic carboxylic acids is 1. The zero-order valence-electron chi connectivity index (χ0n) is 7.21. The van der Waals surface area contributed by atoms with Crippen LogP contribution in [0.25, 0.3) is 0 Å². The standard InChI is InChI=1S/C9H16O2/c1-6(7(2)9(10)11)8-4-3-5-8/h6-8H,3-5H2,1-2H3,(H,10,11)/t6?,7-/m0/s1. The topological polar surface area (TPSA) is 37.3 Å². The minimum Gasteiger partial charge on any atom is -0.481 e. The third-order valence-corrected chi connectivity index (χ3v) is 3.07. The van der Waals surface area contributed by atoms with Gasteiger partial charge in [-0.3, -0.25) is 4.79 Å². The molecule has 11 heavy (non-hydrogen) atoms. The van der Waals surface area contributed by atoms with E-state index in [1.54, 1.807) is 0 Å². The summed E-state index contributed by atoms with van der Waals surface area (Å²) in [6.45, 7) is 3.87. The molecule has 2 atom stereocenters. The van der Waals surface area contributed by atoms with Crippen molar-refractivity contribution in [2.75, 3.05) is 0 Å². The van der Waals surface area contributed by atoms with Crippen LogP contribution < -0.4 is 0 Å². The molecule has 1 N–H and O–H groups in total. The number of rotatable bonds is 3. The van der Waals surface area contributed by atoms with Crippen molar-refractivity contribution in [1.82, 2.24) is 0 Å². The summed E-state index contributed by atoms with van der Waals surface area (Å²) in [6, 6.07) is 0. The van der Waals surface area contributed by atoms with Crippen LogP contribution in [0.2, 0.25) is 0 Å². The molecule has 0 aromatic carbocycles. The Morgan fingerprint density at radius 1 is 1.45 bits per heavy atom. The quantitative estimate of drug-likeness (QED) is 0.679. The molecule has 0 aromatic rings. The third-order valence-electron chi connectivity index (χ3n) is 3.07. The van der Waals surface area contributed by atoms with Crippen LogP contribution in [-0.4, -0.2) is 11.1 Å². The molecule has 0 heterocycles. The maximum Gasteiger partial charge on any atom is 0.306 e. The van der Waals surface area contributed by atoms with Crippen molar-refractivity contribution in [3.05, 3.63) is 0 Å². The van der Waals surface area contributed by atoms with Crippen molar-refractivity contribution in [3.8, 4) is 0 Å². The van der Waals surface area contributed by atoms with Gasteiger partial charge in [-0.05, 0) is 11.8 Å². The first-order chi connectivity index (χ1) is 5.13. The van der Waals surface area contributed by atoms with E-state index < -0.39 is 5.97 Å². The minimum atomic E-state index is -0.649. The second-order valence-electron chi connectivity index (χ2n) is 3.68. The van der Waals surface area contributed by atoms with Gasteiger partial charge in [-0.15, -0.1) is 0 Å². The molecular weight excluding hydrogens is 140 g/mol. The highest BCUT2D eigenvalue weighted by molar-refractivity contribution is 5.69. The van der Waals surface area contributed by atoms with Crippen LogP contribution in [0.3, 0.4) is 0 Å². The average molecular weight is 156 g/mol. The largest absolute Gasteiger partial charge is 0.481 e. The SMILES string of the molecule is CC(C1CCC1)[C@H](C)C(=O)O. The van der Waals surface area contributed by atoms with Crippen LogP contribution in [0.5, 0.6) is 0 Å². The van der Waals surface area contributed by atoms with Crippen LogP contribution in [0.4, 0.5) is 0 Å². The molecule has 2 heteroatoms. The van der Waals surface area contributed by atoms with Crippen LogP contribution in [0, 0.1) is 17.8 Å². The molecule has 0 aliphatic heterocycles. The summed E-state index contributed by atoms with van der Waals surface area (Å²) in [4.78, 5) is 10.6. The van der Waals surface area contributed by atoms with Crippen molar-refractivity contribution in [2.24, 2.45) is 17.8 Å². The van der Waals surface area contributed by atoms with Crippen molar-refractivity contribution >= 4 is 5.97 Å². The van der Waals surface area contributed by atoms with Gasteiger partial charge in [-0.25, -0.2) is 0 Å². The molecule has 1 unspecified atom stereocenters. The first-order valence-electron chi connectivity index (χ1n) is 4.35. The van der Waals surface area contributed by atoms with E-state index in [4.69, 9.17) is 5.11 Å². The fourth-order valence-corrected chi connectivity index (χ4v) is 1.60. The lowest BCUT2D eigenvalue weighted by Crippen LogP contribution is -2.29. The van der Waals surface area contributed by atoms with E-state index in [2.05, 4.69) is 6.92 Å². The first kappa shape index (κ1) is 8.57. The van der Waals surface area contributed by atoms with Crippen LogP contribution in [0.15, 0.2) is 0 Å². The van der Waals surface area contributed by atoms with Crippen molar-refractivity contribution < 1.29 is 9.90 Å². The van der Waals surface area contributed by atoms with Gasteiger partial charge >= 0.3 is 5.97 Å². The molecule has 0 spiro atoms. The molecular formula is C9H16O2. The summed E-state index contributed by atoms with van der Waals surface area (Å²) in [6.07, 6.45) is 3.76. The van der Waals surface area contributed by atoms with E-state index in [0.29, 0.717) is 11.8 Å². The molecule has 1 saturated carbocycles. The smallest absolute Gasteiger partial charge is 0.306 e. The lowest BCUT2D eigenvalue weighted by atomic mass is 9.72. The van der Waals surface area contributed by atoms with Gasteiger partial charge in [0.25, 0.3) is 0 Å². The summed E-state index contributed by atoms with van der Waals surface area (Å²) in [5, 5.41) is 8.72. The second kappa shape index (κ2) is 3.24. The lowest BCUT2D eigenvalue weighted by molar-refractivity contribution is -0.143. The summed E-state index contributed by atoms with van der Waals surface area (Å²) in [5.41, 5.74) is 0. The first-order valence-corrected chi connectivity index (χ1v) is 4.35. The zero-order valence-corrected chi connectivity index (χ0v) is 7.21. The Morgan fingerprint density at radius 3 is 2.27 bits per heavy atom. The molecule has 1 aliphatic rings. The minimum absolute atomic E-state index is 0.166. The molecule has 0 radical (unpaired) electrons. The fourth-order valence-electron chi connectivity index (χ4n) is 1.60. The Bertz CT molecular complexity index is 150. The summed E-state index contributed by atoms with van der Waals surface area (Å²) < 4.78 is 0. The Labute approximate surface area is 67.6 Å². The van der Waals surface area contributed by atoms with Crippen molar-refractivity contribution in [3.63, 3.8) is 0 Å². The van der Waals surface area contributed by atoms with Gasteiger partial charge in [0.05, 0.1) is 5.92 Å². The van der Waals surface area contributed by atoms with E-state index in [0.717, 1.165) is 0 Å². The van der Waals surface area contributed by atoms with Gasteiger partial charge in [0.1, 0.15) is 0 Å². The average Bonchev–Trinajstić information content (AvgIpc) is 1.82. The summed E-state index contributed by atoms with van der Waals surface area (Å²) in [7, 11) is 0. The summed E-state index contributed by atoms with van der Waals surface area (Å²) in [5.74, 6) is 0.229. The Hall–Kier alpha value is -0.530. The predicted octanol–water partition coefficient (Wildman–Crippen LogP) is 2.14. The van der Waals surface area contributed by atoms with E-state index >= 15 is 0 Å². The molecule has 1 aliphatic carbocycles. The molecule has 64 valence electrons. The van der Waals surface area contributed by atoms with E-state index in [1.807, 2.05) is 6.92 Å². The molecule has 1 rings (SSSR count). The monoisotopic (exact) mass is 156 g/mol. The van der Waals surface area contributed by atoms with E-state index in [9.17, 15) is 4.79 Å². The van der Waals surface area contributed by atoms with Gasteiger partial charge in [-0.2, -0.15) is 0 Å².